The lowest BCUT2D eigenvalue weighted by Gasteiger charge is -2.30. The van der Waals surface area contributed by atoms with E-state index in [1.54, 1.807) is 4.90 Å². The average Bonchev–Trinajstić information content (AvgIpc) is 3.23. The molecule has 0 aliphatic carbocycles. The molecule has 0 atom stereocenters. The SMILES string of the molecule is C#CCCC1(CCC(=O)N2CCC(C(N)=O)CC2)N=N1. The number of carbonyl (C=O) groups excluding carboxylic acids is 2. The molecule has 20 heavy (non-hydrogen) atoms. The van der Waals surface area contributed by atoms with E-state index >= 15 is 0 Å². The number of hydrogen-bond donors (Lipinski definition) is 1. The summed E-state index contributed by atoms with van der Waals surface area (Å²) in [7, 11) is 0. The van der Waals surface area contributed by atoms with Crippen molar-refractivity contribution in [3.8, 4) is 12.3 Å². The fourth-order valence-corrected chi connectivity index (χ4v) is 2.55. The van der Waals surface area contributed by atoms with Gasteiger partial charge in [0.15, 0.2) is 5.66 Å². The van der Waals surface area contributed by atoms with E-state index in [9.17, 15) is 9.59 Å². The van der Waals surface area contributed by atoms with E-state index in [4.69, 9.17) is 12.2 Å². The summed E-state index contributed by atoms with van der Waals surface area (Å²) in [5, 5.41) is 8.04. The van der Waals surface area contributed by atoms with Gasteiger partial charge in [-0.25, -0.2) is 0 Å². The van der Waals surface area contributed by atoms with Gasteiger partial charge in [0.1, 0.15) is 0 Å². The van der Waals surface area contributed by atoms with Crippen molar-refractivity contribution in [2.75, 3.05) is 13.1 Å². The van der Waals surface area contributed by atoms with Crippen molar-refractivity contribution in [2.24, 2.45) is 21.9 Å². The molecule has 0 saturated carbocycles. The average molecular weight is 276 g/mol. The Labute approximate surface area is 118 Å². The van der Waals surface area contributed by atoms with Gasteiger partial charge in [-0.2, -0.15) is 10.2 Å². The molecule has 0 aromatic carbocycles. The summed E-state index contributed by atoms with van der Waals surface area (Å²) in [5.74, 6) is 2.32. The van der Waals surface area contributed by atoms with E-state index < -0.39 is 5.66 Å². The van der Waals surface area contributed by atoms with Crippen molar-refractivity contribution >= 4 is 11.8 Å². The summed E-state index contributed by atoms with van der Waals surface area (Å²) in [6, 6.07) is 0. The van der Waals surface area contributed by atoms with Crippen LogP contribution in [0.3, 0.4) is 0 Å². The molecule has 2 amide bonds. The molecule has 0 bridgehead atoms. The number of hydrogen-bond acceptors (Lipinski definition) is 4. The molecule has 108 valence electrons. The Kier molecular flexibility index (Phi) is 4.38. The Balaban J connectivity index is 1.71. The van der Waals surface area contributed by atoms with Crippen LogP contribution in [0.5, 0.6) is 0 Å². The van der Waals surface area contributed by atoms with Crippen molar-refractivity contribution in [3.63, 3.8) is 0 Å². The third-order valence-electron chi connectivity index (χ3n) is 4.04. The lowest BCUT2D eigenvalue weighted by atomic mass is 9.95. The summed E-state index contributed by atoms with van der Waals surface area (Å²) in [5.41, 5.74) is 4.88. The van der Waals surface area contributed by atoms with Gasteiger partial charge in [0.25, 0.3) is 0 Å². The van der Waals surface area contributed by atoms with Crippen LogP contribution in [0.4, 0.5) is 0 Å². The van der Waals surface area contributed by atoms with E-state index in [1.165, 1.54) is 0 Å². The van der Waals surface area contributed by atoms with Crippen LogP contribution >= 0.6 is 0 Å². The maximum atomic E-state index is 12.1. The van der Waals surface area contributed by atoms with Crippen LogP contribution < -0.4 is 5.73 Å². The number of terminal acetylenes is 1. The zero-order chi connectivity index (χ0) is 14.6. The fourth-order valence-electron chi connectivity index (χ4n) is 2.55. The first-order valence-corrected chi connectivity index (χ1v) is 7.01. The minimum absolute atomic E-state index is 0.0885. The minimum Gasteiger partial charge on any atom is -0.369 e. The van der Waals surface area contributed by atoms with E-state index in [0.717, 1.165) is 6.42 Å². The molecule has 2 rings (SSSR count). The highest BCUT2D eigenvalue weighted by Crippen LogP contribution is 2.37. The maximum Gasteiger partial charge on any atom is 0.222 e. The number of nitrogens with zero attached hydrogens (tertiary/aromatic N) is 3. The molecule has 0 radical (unpaired) electrons. The molecule has 6 heteroatoms. The van der Waals surface area contributed by atoms with Crippen LogP contribution in [0.1, 0.15) is 38.5 Å². The van der Waals surface area contributed by atoms with Gasteiger partial charge in [-0.15, -0.1) is 12.3 Å². The Hall–Kier alpha value is -1.90. The Morgan fingerprint density at radius 3 is 2.45 bits per heavy atom. The molecular weight excluding hydrogens is 256 g/mol. The molecule has 2 N–H and O–H groups in total. The monoisotopic (exact) mass is 276 g/mol. The van der Waals surface area contributed by atoms with E-state index in [1.807, 2.05) is 0 Å². The van der Waals surface area contributed by atoms with Crippen molar-refractivity contribution < 1.29 is 9.59 Å². The molecular formula is C14H20N4O2. The lowest BCUT2D eigenvalue weighted by Crippen LogP contribution is -2.41. The standard InChI is InChI=1S/C14H20N4O2/c1-2-3-7-14(16-17-14)8-4-12(19)18-9-5-11(6-10-18)13(15)20/h1,11H,3-10H2,(H2,15,20). The first-order chi connectivity index (χ1) is 9.56. The molecule has 2 aliphatic rings. The summed E-state index contributed by atoms with van der Waals surface area (Å²) in [4.78, 5) is 25.0. The first-order valence-electron chi connectivity index (χ1n) is 7.01. The van der Waals surface area contributed by atoms with Gasteiger partial charge < -0.3 is 10.6 Å². The third-order valence-corrected chi connectivity index (χ3v) is 4.04. The van der Waals surface area contributed by atoms with Crippen molar-refractivity contribution in [3.05, 3.63) is 0 Å². The van der Waals surface area contributed by atoms with E-state index in [-0.39, 0.29) is 17.7 Å². The second kappa shape index (κ2) is 6.04. The topological polar surface area (TPSA) is 88.1 Å². The predicted octanol–water partition coefficient (Wildman–Crippen LogP) is 1.07. The van der Waals surface area contributed by atoms with Gasteiger partial charge in [-0.05, 0) is 12.8 Å². The highest BCUT2D eigenvalue weighted by atomic mass is 16.2. The fraction of sp³-hybridized carbons (Fsp3) is 0.714. The van der Waals surface area contributed by atoms with Crippen molar-refractivity contribution in [1.82, 2.24) is 4.90 Å². The second-order valence-corrected chi connectivity index (χ2v) is 5.44. The van der Waals surface area contributed by atoms with Gasteiger partial charge in [0.2, 0.25) is 11.8 Å². The van der Waals surface area contributed by atoms with Crippen LogP contribution in [0, 0.1) is 18.3 Å². The van der Waals surface area contributed by atoms with Gasteiger partial charge in [0.05, 0.1) is 0 Å². The first kappa shape index (κ1) is 14.5. The minimum atomic E-state index is -0.395. The summed E-state index contributed by atoms with van der Waals surface area (Å²) >= 11 is 0. The number of nitrogens with two attached hydrogens (primary N) is 1. The van der Waals surface area contributed by atoms with E-state index in [0.29, 0.717) is 45.2 Å². The summed E-state index contributed by atoms with van der Waals surface area (Å²) in [6.45, 7) is 1.22. The summed E-state index contributed by atoms with van der Waals surface area (Å²) < 4.78 is 0. The zero-order valence-electron chi connectivity index (χ0n) is 11.5. The summed E-state index contributed by atoms with van der Waals surface area (Å²) in [6.07, 6.45) is 8.97. The number of likely N-dealkylation sites (tertiary alicyclic amines) is 1. The Morgan fingerprint density at radius 1 is 1.30 bits per heavy atom. The largest absolute Gasteiger partial charge is 0.369 e. The van der Waals surface area contributed by atoms with Gasteiger partial charge in [-0.3, -0.25) is 9.59 Å². The Bertz CT molecular complexity index is 452. The van der Waals surface area contributed by atoms with Crippen LogP contribution in [0.2, 0.25) is 0 Å². The molecule has 0 spiro atoms. The quantitative estimate of drug-likeness (QED) is 0.735. The molecule has 2 heterocycles. The number of amides is 2. The van der Waals surface area contributed by atoms with E-state index in [2.05, 4.69) is 16.1 Å². The molecule has 6 nitrogen and oxygen atoms in total. The normalized spacial score (nSPS) is 20.4. The second-order valence-electron chi connectivity index (χ2n) is 5.44. The van der Waals surface area contributed by atoms with Crippen LogP contribution in [-0.4, -0.2) is 35.5 Å². The maximum absolute atomic E-state index is 12.1. The molecule has 0 aromatic rings. The van der Waals surface area contributed by atoms with Crippen LogP contribution in [0.15, 0.2) is 10.2 Å². The predicted molar refractivity (Wildman–Crippen MR) is 73.4 cm³/mol. The molecule has 1 saturated heterocycles. The lowest BCUT2D eigenvalue weighted by molar-refractivity contribution is -0.135. The molecule has 0 unspecified atom stereocenters. The van der Waals surface area contributed by atoms with Gasteiger partial charge in [0, 0.05) is 44.7 Å². The smallest absolute Gasteiger partial charge is 0.222 e. The van der Waals surface area contributed by atoms with Crippen molar-refractivity contribution in [1.29, 1.82) is 0 Å². The number of piperidine rings is 1. The number of primary amides is 1. The number of rotatable bonds is 6. The highest BCUT2D eigenvalue weighted by Gasteiger charge is 2.39. The van der Waals surface area contributed by atoms with Crippen molar-refractivity contribution in [2.45, 2.75) is 44.2 Å². The van der Waals surface area contributed by atoms with Gasteiger partial charge >= 0.3 is 0 Å². The number of carbonyl (C=O) groups is 2. The molecule has 2 aliphatic heterocycles. The third kappa shape index (κ3) is 3.56. The highest BCUT2D eigenvalue weighted by molar-refractivity contribution is 5.78. The molecule has 0 aromatic heterocycles. The molecule has 1 fully saturated rings. The van der Waals surface area contributed by atoms with Crippen LogP contribution in [-0.2, 0) is 9.59 Å². The van der Waals surface area contributed by atoms with Crippen LogP contribution in [0.25, 0.3) is 0 Å². The Morgan fingerprint density at radius 2 is 1.95 bits per heavy atom. The van der Waals surface area contributed by atoms with Gasteiger partial charge in [-0.1, -0.05) is 0 Å². The zero-order valence-corrected chi connectivity index (χ0v) is 11.5.